The molecule has 1 aromatic rings. The van der Waals surface area contributed by atoms with Crippen LogP contribution in [0.3, 0.4) is 0 Å². The maximum Gasteiger partial charge on any atom is 0.223 e. The number of carbonyl (C=O) groups is 1. The summed E-state index contributed by atoms with van der Waals surface area (Å²) in [7, 11) is 1.60. The van der Waals surface area contributed by atoms with Crippen molar-refractivity contribution in [2.75, 3.05) is 12.8 Å². The Morgan fingerprint density at radius 1 is 1.43 bits per heavy atom. The standard InChI is InChI=1S/C17H26N2O2/c1-17(2)9-5-4-6-13(17)16(20)19-11-12-7-8-15(21-3)14(18)10-12/h7-8,10,13H,4-6,9,11,18H2,1-3H3,(H,19,20). The van der Waals surface area contributed by atoms with E-state index in [-0.39, 0.29) is 17.2 Å². The van der Waals surface area contributed by atoms with E-state index in [0.29, 0.717) is 18.0 Å². The largest absolute Gasteiger partial charge is 0.495 e. The highest BCUT2D eigenvalue weighted by molar-refractivity contribution is 5.79. The Kier molecular flexibility index (Phi) is 4.76. The molecule has 1 atom stereocenters. The van der Waals surface area contributed by atoms with Gasteiger partial charge in [0.25, 0.3) is 0 Å². The summed E-state index contributed by atoms with van der Waals surface area (Å²) in [6, 6.07) is 5.62. The third kappa shape index (κ3) is 3.69. The SMILES string of the molecule is COc1ccc(CNC(=O)C2CCCCC2(C)C)cc1N. The lowest BCUT2D eigenvalue weighted by atomic mass is 9.68. The highest BCUT2D eigenvalue weighted by atomic mass is 16.5. The van der Waals surface area contributed by atoms with Crippen LogP contribution < -0.4 is 15.8 Å². The molecule has 0 bridgehead atoms. The summed E-state index contributed by atoms with van der Waals surface area (Å²) in [5.74, 6) is 0.939. The highest BCUT2D eigenvalue weighted by Crippen LogP contribution is 2.40. The molecule has 0 spiro atoms. The number of amides is 1. The van der Waals surface area contributed by atoms with Crippen LogP contribution in [0.1, 0.15) is 45.1 Å². The summed E-state index contributed by atoms with van der Waals surface area (Å²) >= 11 is 0. The van der Waals surface area contributed by atoms with Crippen molar-refractivity contribution in [1.82, 2.24) is 5.32 Å². The average Bonchev–Trinajstić information content (AvgIpc) is 2.44. The number of ether oxygens (including phenoxy) is 1. The summed E-state index contributed by atoms with van der Waals surface area (Å²) in [4.78, 5) is 12.4. The van der Waals surface area contributed by atoms with E-state index in [1.807, 2.05) is 18.2 Å². The average molecular weight is 290 g/mol. The fraction of sp³-hybridized carbons (Fsp3) is 0.588. The second-order valence-corrected chi connectivity index (χ2v) is 6.58. The van der Waals surface area contributed by atoms with Crippen molar-refractivity contribution in [1.29, 1.82) is 0 Å². The van der Waals surface area contributed by atoms with Crippen LogP contribution >= 0.6 is 0 Å². The molecular weight excluding hydrogens is 264 g/mol. The molecule has 0 saturated heterocycles. The number of nitrogen functional groups attached to an aromatic ring is 1. The number of rotatable bonds is 4. The van der Waals surface area contributed by atoms with Gasteiger partial charge < -0.3 is 15.8 Å². The molecule has 1 aromatic carbocycles. The van der Waals surface area contributed by atoms with E-state index >= 15 is 0 Å². The van der Waals surface area contributed by atoms with E-state index in [4.69, 9.17) is 10.5 Å². The normalized spacial score (nSPS) is 20.8. The Morgan fingerprint density at radius 3 is 2.81 bits per heavy atom. The summed E-state index contributed by atoms with van der Waals surface area (Å²) in [6.45, 7) is 4.91. The molecule has 1 aliphatic carbocycles. The number of methoxy groups -OCH3 is 1. The Balaban J connectivity index is 1.96. The maximum atomic E-state index is 12.4. The predicted molar refractivity (Wildman–Crippen MR) is 85.0 cm³/mol. The van der Waals surface area contributed by atoms with Crippen LogP contribution in [-0.4, -0.2) is 13.0 Å². The number of hydrogen-bond donors (Lipinski definition) is 2. The molecule has 21 heavy (non-hydrogen) atoms. The Morgan fingerprint density at radius 2 is 2.19 bits per heavy atom. The zero-order valence-electron chi connectivity index (χ0n) is 13.2. The van der Waals surface area contributed by atoms with E-state index in [0.717, 1.165) is 24.8 Å². The molecule has 1 fully saturated rings. The van der Waals surface area contributed by atoms with Gasteiger partial charge in [-0.25, -0.2) is 0 Å². The van der Waals surface area contributed by atoms with Crippen LogP contribution in [0.15, 0.2) is 18.2 Å². The summed E-state index contributed by atoms with van der Waals surface area (Å²) < 4.78 is 5.14. The molecule has 116 valence electrons. The van der Waals surface area contributed by atoms with E-state index in [9.17, 15) is 4.79 Å². The van der Waals surface area contributed by atoms with Crippen molar-refractivity contribution in [2.24, 2.45) is 11.3 Å². The molecule has 0 heterocycles. The van der Waals surface area contributed by atoms with Gasteiger partial charge in [0.15, 0.2) is 0 Å². The number of carbonyl (C=O) groups excluding carboxylic acids is 1. The molecule has 4 heteroatoms. The zero-order valence-corrected chi connectivity index (χ0v) is 13.2. The van der Waals surface area contributed by atoms with Crippen molar-refractivity contribution in [2.45, 2.75) is 46.1 Å². The first kappa shape index (κ1) is 15.7. The van der Waals surface area contributed by atoms with Crippen LogP contribution in [0, 0.1) is 11.3 Å². The monoisotopic (exact) mass is 290 g/mol. The van der Waals surface area contributed by atoms with Gasteiger partial charge in [0.05, 0.1) is 12.8 Å². The minimum Gasteiger partial charge on any atom is -0.495 e. The van der Waals surface area contributed by atoms with Gasteiger partial charge in [-0.15, -0.1) is 0 Å². The molecule has 1 saturated carbocycles. The molecular formula is C17H26N2O2. The second-order valence-electron chi connectivity index (χ2n) is 6.58. The van der Waals surface area contributed by atoms with Gasteiger partial charge in [0.1, 0.15) is 5.75 Å². The second kappa shape index (κ2) is 6.37. The van der Waals surface area contributed by atoms with E-state index in [1.165, 1.54) is 6.42 Å². The van der Waals surface area contributed by atoms with Crippen LogP contribution in [0.5, 0.6) is 5.75 Å². The van der Waals surface area contributed by atoms with E-state index < -0.39 is 0 Å². The van der Waals surface area contributed by atoms with Crippen molar-refractivity contribution < 1.29 is 9.53 Å². The molecule has 0 aliphatic heterocycles. The van der Waals surface area contributed by atoms with Crippen molar-refractivity contribution in [3.63, 3.8) is 0 Å². The lowest BCUT2D eigenvalue weighted by Gasteiger charge is -2.37. The molecule has 1 amide bonds. The van der Waals surface area contributed by atoms with Crippen LogP contribution in [-0.2, 0) is 11.3 Å². The fourth-order valence-electron chi connectivity index (χ4n) is 3.19. The van der Waals surface area contributed by atoms with Gasteiger partial charge in [0, 0.05) is 12.5 Å². The summed E-state index contributed by atoms with van der Waals surface area (Å²) in [5.41, 5.74) is 7.58. The van der Waals surface area contributed by atoms with Gasteiger partial charge in [-0.05, 0) is 36.0 Å². The van der Waals surface area contributed by atoms with Gasteiger partial charge in [-0.2, -0.15) is 0 Å². The number of nitrogens with one attached hydrogen (secondary N) is 1. The van der Waals surface area contributed by atoms with Gasteiger partial charge >= 0.3 is 0 Å². The van der Waals surface area contributed by atoms with Gasteiger partial charge in [-0.1, -0.05) is 32.8 Å². The zero-order chi connectivity index (χ0) is 15.5. The number of nitrogens with two attached hydrogens (primary N) is 1. The van der Waals surface area contributed by atoms with Crippen LogP contribution in [0.4, 0.5) is 5.69 Å². The van der Waals surface area contributed by atoms with E-state index in [1.54, 1.807) is 7.11 Å². The third-order valence-corrected chi connectivity index (χ3v) is 4.58. The first-order chi connectivity index (χ1) is 9.94. The topological polar surface area (TPSA) is 64.3 Å². The van der Waals surface area contributed by atoms with Crippen LogP contribution in [0.2, 0.25) is 0 Å². The molecule has 1 unspecified atom stereocenters. The molecule has 1 aliphatic rings. The van der Waals surface area contributed by atoms with Crippen LogP contribution in [0.25, 0.3) is 0 Å². The number of benzene rings is 1. The first-order valence-corrected chi connectivity index (χ1v) is 7.64. The number of anilines is 1. The quantitative estimate of drug-likeness (QED) is 0.837. The van der Waals surface area contributed by atoms with Crippen molar-refractivity contribution >= 4 is 11.6 Å². The van der Waals surface area contributed by atoms with Crippen molar-refractivity contribution in [3.05, 3.63) is 23.8 Å². The molecule has 0 radical (unpaired) electrons. The molecule has 3 N–H and O–H groups in total. The minimum atomic E-state index is 0.0985. The van der Waals surface area contributed by atoms with Crippen molar-refractivity contribution in [3.8, 4) is 5.75 Å². The first-order valence-electron chi connectivity index (χ1n) is 7.64. The minimum absolute atomic E-state index is 0.0985. The Hall–Kier alpha value is -1.71. The molecule has 0 aromatic heterocycles. The Bertz CT molecular complexity index is 512. The lowest BCUT2D eigenvalue weighted by molar-refractivity contribution is -0.130. The molecule has 4 nitrogen and oxygen atoms in total. The summed E-state index contributed by atoms with van der Waals surface area (Å²) in [5, 5.41) is 3.05. The van der Waals surface area contributed by atoms with Gasteiger partial charge in [-0.3, -0.25) is 4.79 Å². The maximum absolute atomic E-state index is 12.4. The molecule has 2 rings (SSSR count). The summed E-state index contributed by atoms with van der Waals surface area (Å²) in [6.07, 6.45) is 4.49. The lowest BCUT2D eigenvalue weighted by Crippen LogP contribution is -2.40. The third-order valence-electron chi connectivity index (χ3n) is 4.58. The number of hydrogen-bond acceptors (Lipinski definition) is 3. The smallest absolute Gasteiger partial charge is 0.223 e. The highest BCUT2D eigenvalue weighted by Gasteiger charge is 2.36. The predicted octanol–water partition coefficient (Wildman–Crippen LogP) is 3.11. The Labute approximate surface area is 127 Å². The fourth-order valence-corrected chi connectivity index (χ4v) is 3.19. The van der Waals surface area contributed by atoms with E-state index in [2.05, 4.69) is 19.2 Å². The van der Waals surface area contributed by atoms with Gasteiger partial charge in [0.2, 0.25) is 5.91 Å².